The van der Waals surface area contributed by atoms with Crippen LogP contribution < -0.4 is 23.8 Å². The highest BCUT2D eigenvalue weighted by molar-refractivity contribution is 6.05. The van der Waals surface area contributed by atoms with Crippen molar-refractivity contribution in [1.82, 2.24) is 0 Å². The molecule has 0 saturated carbocycles. The summed E-state index contributed by atoms with van der Waals surface area (Å²) in [5, 5.41) is 10.2. The molecule has 1 amide bonds. The van der Waals surface area contributed by atoms with E-state index in [1.54, 1.807) is 31.4 Å². The summed E-state index contributed by atoms with van der Waals surface area (Å²) in [5.41, 5.74) is 1.35. The van der Waals surface area contributed by atoms with Crippen LogP contribution in [0.4, 0.5) is 5.69 Å². The molecule has 3 rings (SSSR count). The van der Waals surface area contributed by atoms with E-state index >= 15 is 0 Å². The second-order valence-electron chi connectivity index (χ2n) is 5.75. The van der Waals surface area contributed by atoms with Crippen LogP contribution in [0.3, 0.4) is 0 Å². The molecule has 1 saturated heterocycles. The number of rotatable bonds is 6. The van der Waals surface area contributed by atoms with Crippen LogP contribution in [0.25, 0.3) is 0 Å². The number of carbonyl (C=O) groups excluding carboxylic acids is 1. The molecule has 26 heavy (non-hydrogen) atoms. The van der Waals surface area contributed by atoms with E-state index in [1.165, 1.54) is 26.2 Å². The van der Waals surface area contributed by atoms with Gasteiger partial charge in [0.05, 0.1) is 40.2 Å². The minimum absolute atomic E-state index is 0.389. The lowest BCUT2D eigenvalue weighted by atomic mass is 9.90. The van der Waals surface area contributed by atoms with Crippen molar-refractivity contribution in [1.29, 1.82) is 0 Å². The van der Waals surface area contributed by atoms with Gasteiger partial charge >= 0.3 is 0 Å². The van der Waals surface area contributed by atoms with Gasteiger partial charge in [0.1, 0.15) is 5.75 Å². The number of aliphatic hydroxyl groups is 1. The number of aliphatic hydroxyl groups excluding tert-OH is 1. The third-order valence-corrected chi connectivity index (χ3v) is 4.45. The summed E-state index contributed by atoms with van der Waals surface area (Å²) < 4.78 is 21.2. The molecule has 0 bridgehead atoms. The highest BCUT2D eigenvalue weighted by Gasteiger charge is 2.48. The van der Waals surface area contributed by atoms with Crippen LogP contribution in [0.2, 0.25) is 0 Å². The van der Waals surface area contributed by atoms with Gasteiger partial charge in [0, 0.05) is 12.1 Å². The Labute approximate surface area is 151 Å². The zero-order chi connectivity index (χ0) is 18.8. The predicted molar refractivity (Wildman–Crippen MR) is 95.3 cm³/mol. The van der Waals surface area contributed by atoms with E-state index < -0.39 is 12.1 Å². The molecule has 1 N–H and O–H groups in total. The van der Waals surface area contributed by atoms with Gasteiger partial charge in [0.15, 0.2) is 17.6 Å². The summed E-state index contributed by atoms with van der Waals surface area (Å²) in [7, 11) is 6.11. The molecule has 0 aliphatic carbocycles. The average molecular weight is 359 g/mol. The van der Waals surface area contributed by atoms with E-state index in [4.69, 9.17) is 18.9 Å². The fourth-order valence-corrected chi connectivity index (χ4v) is 3.10. The van der Waals surface area contributed by atoms with E-state index in [9.17, 15) is 9.90 Å². The highest BCUT2D eigenvalue weighted by Crippen LogP contribution is 2.46. The first-order chi connectivity index (χ1) is 12.5. The highest BCUT2D eigenvalue weighted by atomic mass is 16.5. The van der Waals surface area contributed by atoms with Crippen LogP contribution in [0.1, 0.15) is 11.6 Å². The van der Waals surface area contributed by atoms with Gasteiger partial charge in [-0.05, 0) is 17.7 Å². The van der Waals surface area contributed by atoms with E-state index in [-0.39, 0.29) is 5.91 Å². The van der Waals surface area contributed by atoms with Crippen LogP contribution in [0.15, 0.2) is 36.4 Å². The van der Waals surface area contributed by atoms with E-state index in [2.05, 4.69) is 0 Å². The van der Waals surface area contributed by atoms with Crippen LogP contribution in [-0.2, 0) is 4.79 Å². The lowest BCUT2D eigenvalue weighted by molar-refractivity contribution is -0.137. The molecule has 0 radical (unpaired) electrons. The lowest BCUT2D eigenvalue weighted by Crippen LogP contribution is -2.59. The fraction of sp³-hybridized carbons (Fsp3) is 0.316. The molecule has 1 fully saturated rings. The molecule has 138 valence electrons. The quantitative estimate of drug-likeness (QED) is 0.797. The Morgan fingerprint density at radius 2 is 1.46 bits per heavy atom. The number of carbonyl (C=O) groups is 1. The Balaban J connectivity index is 2.02. The van der Waals surface area contributed by atoms with Gasteiger partial charge in [-0.3, -0.25) is 9.69 Å². The van der Waals surface area contributed by atoms with Gasteiger partial charge in [-0.2, -0.15) is 0 Å². The van der Waals surface area contributed by atoms with Gasteiger partial charge in [-0.25, -0.2) is 0 Å². The molecule has 0 aromatic heterocycles. The third kappa shape index (κ3) is 2.80. The molecule has 0 spiro atoms. The minimum atomic E-state index is -1.11. The van der Waals surface area contributed by atoms with Gasteiger partial charge in [-0.15, -0.1) is 0 Å². The largest absolute Gasteiger partial charge is 0.497 e. The van der Waals surface area contributed by atoms with Crippen molar-refractivity contribution >= 4 is 11.6 Å². The summed E-state index contributed by atoms with van der Waals surface area (Å²) >= 11 is 0. The van der Waals surface area contributed by atoms with Crippen molar-refractivity contribution < 1.29 is 28.8 Å². The van der Waals surface area contributed by atoms with E-state index in [0.29, 0.717) is 28.7 Å². The summed E-state index contributed by atoms with van der Waals surface area (Å²) in [6.07, 6.45) is -1.11. The lowest BCUT2D eigenvalue weighted by Gasteiger charge is -2.44. The summed E-state index contributed by atoms with van der Waals surface area (Å²) in [6, 6.07) is 10.1. The Bertz CT molecular complexity index is 779. The first kappa shape index (κ1) is 17.9. The molecule has 2 unspecified atom stereocenters. The molecule has 2 aromatic rings. The van der Waals surface area contributed by atoms with Crippen molar-refractivity contribution in [3.05, 3.63) is 42.0 Å². The molecule has 7 heteroatoms. The van der Waals surface area contributed by atoms with Crippen molar-refractivity contribution in [2.75, 3.05) is 33.3 Å². The Kier molecular flexibility index (Phi) is 4.90. The monoisotopic (exact) mass is 359 g/mol. The number of methoxy groups -OCH3 is 4. The van der Waals surface area contributed by atoms with E-state index in [1.807, 2.05) is 12.1 Å². The Hall–Kier alpha value is -2.93. The summed E-state index contributed by atoms with van der Waals surface area (Å²) in [5.74, 6) is 1.62. The zero-order valence-electron chi connectivity index (χ0n) is 15.1. The molecule has 1 aliphatic heterocycles. The molecular weight excluding hydrogens is 338 g/mol. The maximum atomic E-state index is 12.4. The third-order valence-electron chi connectivity index (χ3n) is 4.45. The second-order valence-corrected chi connectivity index (χ2v) is 5.75. The first-order valence-corrected chi connectivity index (χ1v) is 8.00. The molecular formula is C19H21NO6. The summed E-state index contributed by atoms with van der Waals surface area (Å²) in [4.78, 5) is 13.9. The molecule has 2 aromatic carbocycles. The molecule has 1 heterocycles. The van der Waals surface area contributed by atoms with Crippen molar-refractivity contribution in [3.8, 4) is 23.0 Å². The van der Waals surface area contributed by atoms with Gasteiger partial charge < -0.3 is 24.1 Å². The maximum Gasteiger partial charge on any atom is 0.259 e. The normalized spacial score (nSPS) is 19.0. The van der Waals surface area contributed by atoms with Gasteiger partial charge in [0.2, 0.25) is 5.75 Å². The zero-order valence-corrected chi connectivity index (χ0v) is 15.1. The molecule has 2 atom stereocenters. The van der Waals surface area contributed by atoms with Gasteiger partial charge in [0.25, 0.3) is 5.91 Å². The van der Waals surface area contributed by atoms with Crippen LogP contribution >= 0.6 is 0 Å². The van der Waals surface area contributed by atoms with Crippen LogP contribution in [-0.4, -0.2) is 45.6 Å². The fourth-order valence-electron chi connectivity index (χ4n) is 3.10. The predicted octanol–water partition coefficient (Wildman–Crippen LogP) is 2.17. The SMILES string of the molecule is COc1ccc(C2C(O)C(=O)N2c2cc(OC)c(OC)c(OC)c2)cc1. The van der Waals surface area contributed by atoms with Crippen LogP contribution in [0.5, 0.6) is 23.0 Å². The first-order valence-electron chi connectivity index (χ1n) is 8.00. The number of hydrogen-bond acceptors (Lipinski definition) is 6. The Morgan fingerprint density at radius 1 is 0.885 bits per heavy atom. The van der Waals surface area contributed by atoms with Crippen molar-refractivity contribution in [2.45, 2.75) is 12.1 Å². The number of amides is 1. The number of anilines is 1. The molecule has 7 nitrogen and oxygen atoms in total. The standard InChI is InChI=1S/C19H21NO6/c1-23-13-7-5-11(6-8-13)16-17(21)19(22)20(16)12-9-14(24-2)18(26-4)15(10-12)25-3/h5-10,16-17,21H,1-4H3. The molecule has 1 aliphatic rings. The van der Waals surface area contributed by atoms with E-state index in [0.717, 1.165) is 5.56 Å². The van der Waals surface area contributed by atoms with Crippen molar-refractivity contribution in [2.24, 2.45) is 0 Å². The number of benzene rings is 2. The minimum Gasteiger partial charge on any atom is -0.497 e. The maximum absolute atomic E-state index is 12.4. The topological polar surface area (TPSA) is 77.5 Å². The number of β-lactam (4-membered cyclic amide) rings is 1. The second kappa shape index (κ2) is 7.13. The van der Waals surface area contributed by atoms with Crippen molar-refractivity contribution in [3.63, 3.8) is 0 Å². The average Bonchev–Trinajstić information content (AvgIpc) is 2.70. The Morgan fingerprint density at radius 3 is 1.92 bits per heavy atom. The number of nitrogens with zero attached hydrogens (tertiary/aromatic N) is 1. The smallest absolute Gasteiger partial charge is 0.259 e. The van der Waals surface area contributed by atoms with Gasteiger partial charge in [-0.1, -0.05) is 12.1 Å². The summed E-state index contributed by atoms with van der Waals surface area (Å²) in [6.45, 7) is 0. The number of ether oxygens (including phenoxy) is 4. The van der Waals surface area contributed by atoms with Crippen LogP contribution in [0, 0.1) is 0 Å². The number of hydrogen-bond donors (Lipinski definition) is 1.